The van der Waals surface area contributed by atoms with E-state index in [1.807, 2.05) is 36.4 Å². The van der Waals surface area contributed by atoms with Crippen molar-refractivity contribution in [1.82, 2.24) is 15.2 Å². The first-order valence-corrected chi connectivity index (χ1v) is 12.3. The van der Waals surface area contributed by atoms with E-state index in [9.17, 15) is 4.79 Å². The van der Waals surface area contributed by atoms with Gasteiger partial charge >= 0.3 is 0 Å². The summed E-state index contributed by atoms with van der Waals surface area (Å²) in [5.41, 5.74) is 2.19. The molecule has 0 aliphatic carbocycles. The monoisotopic (exact) mass is 456 g/mol. The van der Waals surface area contributed by atoms with E-state index in [2.05, 4.69) is 28.1 Å². The van der Waals surface area contributed by atoms with E-state index >= 15 is 0 Å². The Labute approximate surface area is 191 Å². The van der Waals surface area contributed by atoms with Gasteiger partial charge in [-0.15, -0.1) is 11.8 Å². The maximum Gasteiger partial charge on any atom is 0.230 e. The first kappa shape index (κ1) is 21.9. The molecule has 1 aliphatic rings. The molecule has 4 rings (SSSR count). The summed E-state index contributed by atoms with van der Waals surface area (Å²) < 4.78 is 6.69. The van der Waals surface area contributed by atoms with Crippen molar-refractivity contribution >= 4 is 44.4 Å². The number of amides is 1. The highest BCUT2D eigenvalue weighted by Crippen LogP contribution is 2.36. The van der Waals surface area contributed by atoms with E-state index in [1.54, 1.807) is 30.2 Å². The number of carbonyl (C=O) groups is 1. The van der Waals surface area contributed by atoms with Crippen molar-refractivity contribution < 1.29 is 9.53 Å². The van der Waals surface area contributed by atoms with Crippen molar-refractivity contribution in [2.24, 2.45) is 0 Å². The summed E-state index contributed by atoms with van der Waals surface area (Å²) in [6.45, 7) is 7.52. The minimum absolute atomic E-state index is 0.0891. The van der Waals surface area contributed by atoms with Gasteiger partial charge in [-0.1, -0.05) is 35.6 Å². The minimum Gasteiger partial charge on any atom is -0.494 e. The highest BCUT2D eigenvalue weighted by molar-refractivity contribution is 8.00. The van der Waals surface area contributed by atoms with Crippen molar-refractivity contribution in [2.75, 3.05) is 57.0 Å². The summed E-state index contributed by atoms with van der Waals surface area (Å²) in [7, 11) is 1.70. The summed E-state index contributed by atoms with van der Waals surface area (Å²) in [5.74, 6) is 1.38. The van der Waals surface area contributed by atoms with Crippen LogP contribution in [0.4, 0.5) is 5.13 Å². The zero-order chi connectivity index (χ0) is 21.6. The van der Waals surface area contributed by atoms with Crippen LogP contribution in [0.1, 0.15) is 5.56 Å². The highest BCUT2D eigenvalue weighted by atomic mass is 32.2. The number of nitrogens with zero attached hydrogens (tertiary/aromatic N) is 3. The number of anilines is 1. The topological polar surface area (TPSA) is 57.7 Å². The van der Waals surface area contributed by atoms with Gasteiger partial charge in [-0.05, 0) is 30.7 Å². The number of nitrogens with one attached hydrogen (secondary N) is 1. The van der Waals surface area contributed by atoms with E-state index in [4.69, 9.17) is 9.72 Å². The van der Waals surface area contributed by atoms with Gasteiger partial charge in [0.15, 0.2) is 5.13 Å². The fourth-order valence-corrected chi connectivity index (χ4v) is 5.48. The Morgan fingerprint density at radius 3 is 2.68 bits per heavy atom. The lowest BCUT2D eigenvalue weighted by atomic mass is 10.2. The zero-order valence-electron chi connectivity index (χ0n) is 18.0. The van der Waals surface area contributed by atoms with Crippen LogP contribution in [0.3, 0.4) is 0 Å². The molecule has 0 atom stereocenters. The van der Waals surface area contributed by atoms with Gasteiger partial charge in [0.2, 0.25) is 5.91 Å². The molecule has 0 bridgehead atoms. The normalized spacial score (nSPS) is 14.7. The van der Waals surface area contributed by atoms with Gasteiger partial charge in [0.1, 0.15) is 11.3 Å². The summed E-state index contributed by atoms with van der Waals surface area (Å²) in [6, 6.07) is 14.1. The van der Waals surface area contributed by atoms with E-state index in [1.165, 1.54) is 10.3 Å². The summed E-state index contributed by atoms with van der Waals surface area (Å²) >= 11 is 3.31. The highest BCUT2D eigenvalue weighted by Gasteiger charge is 2.21. The molecule has 1 fully saturated rings. The van der Waals surface area contributed by atoms with Gasteiger partial charge in [0, 0.05) is 44.2 Å². The van der Waals surface area contributed by atoms with E-state index in [-0.39, 0.29) is 5.91 Å². The molecule has 1 N–H and O–H groups in total. The number of hydrogen-bond acceptors (Lipinski definition) is 7. The second-order valence-corrected chi connectivity index (χ2v) is 9.57. The summed E-state index contributed by atoms with van der Waals surface area (Å²) in [6.07, 6.45) is 0. The maximum atomic E-state index is 12.1. The predicted molar refractivity (Wildman–Crippen MR) is 130 cm³/mol. The van der Waals surface area contributed by atoms with E-state index in [0.717, 1.165) is 54.0 Å². The minimum atomic E-state index is 0.0891. The van der Waals surface area contributed by atoms with Gasteiger partial charge in [-0.25, -0.2) is 4.98 Å². The molecule has 2 aromatic carbocycles. The Kier molecular flexibility index (Phi) is 7.32. The Bertz CT molecular complexity index is 1020. The molecule has 0 unspecified atom stereocenters. The van der Waals surface area contributed by atoms with Crippen molar-refractivity contribution in [2.45, 2.75) is 11.8 Å². The van der Waals surface area contributed by atoms with Crippen LogP contribution in [0.5, 0.6) is 5.75 Å². The third kappa shape index (κ3) is 5.50. The Morgan fingerprint density at radius 2 is 1.94 bits per heavy atom. The quantitative estimate of drug-likeness (QED) is 0.522. The molecule has 3 aromatic rings. The van der Waals surface area contributed by atoms with Crippen LogP contribution in [0.25, 0.3) is 10.2 Å². The molecule has 2 heterocycles. The fraction of sp³-hybridized carbons (Fsp3) is 0.391. The second kappa shape index (κ2) is 10.3. The number of thiazole rings is 1. The first-order chi connectivity index (χ1) is 15.1. The summed E-state index contributed by atoms with van der Waals surface area (Å²) in [4.78, 5) is 22.8. The van der Waals surface area contributed by atoms with Crippen molar-refractivity contribution in [3.63, 3.8) is 0 Å². The second-order valence-electron chi connectivity index (χ2n) is 7.54. The van der Waals surface area contributed by atoms with Gasteiger partial charge in [-0.2, -0.15) is 0 Å². The fourth-order valence-electron chi connectivity index (χ4n) is 3.63. The Hall–Kier alpha value is -2.29. The third-order valence-corrected chi connectivity index (χ3v) is 7.68. The average molecular weight is 457 g/mol. The number of fused-ring (bicyclic) bond motifs is 1. The van der Waals surface area contributed by atoms with Crippen LogP contribution in [0.2, 0.25) is 0 Å². The smallest absolute Gasteiger partial charge is 0.230 e. The van der Waals surface area contributed by atoms with Gasteiger partial charge in [0.25, 0.3) is 0 Å². The molecular formula is C23H28N4O2S2. The molecule has 1 amide bonds. The Morgan fingerprint density at radius 1 is 1.16 bits per heavy atom. The number of thioether (sulfide) groups is 1. The number of carbonyl (C=O) groups excluding carboxylic acids is 1. The molecule has 1 aliphatic heterocycles. The lowest BCUT2D eigenvalue weighted by molar-refractivity contribution is -0.118. The number of hydrogen-bond donors (Lipinski definition) is 1. The van der Waals surface area contributed by atoms with Gasteiger partial charge in [-0.3, -0.25) is 9.69 Å². The molecular weight excluding hydrogens is 428 g/mol. The van der Waals surface area contributed by atoms with Crippen molar-refractivity contribution in [3.05, 3.63) is 48.0 Å². The largest absolute Gasteiger partial charge is 0.494 e. The third-order valence-electron chi connectivity index (χ3n) is 5.42. The van der Waals surface area contributed by atoms with Crippen molar-refractivity contribution in [1.29, 1.82) is 0 Å². The maximum absolute atomic E-state index is 12.1. The predicted octanol–water partition coefficient (Wildman–Crippen LogP) is 3.64. The van der Waals surface area contributed by atoms with Crippen LogP contribution < -0.4 is 15.0 Å². The molecule has 164 valence electrons. The van der Waals surface area contributed by atoms with Crippen molar-refractivity contribution in [3.8, 4) is 5.75 Å². The molecule has 0 radical (unpaired) electrons. The molecule has 31 heavy (non-hydrogen) atoms. The number of aromatic nitrogens is 1. The molecule has 6 nitrogen and oxygen atoms in total. The molecule has 1 aromatic heterocycles. The summed E-state index contributed by atoms with van der Waals surface area (Å²) in [5, 5.41) is 4.10. The molecule has 1 saturated heterocycles. The Balaban J connectivity index is 1.22. The number of aryl methyl sites for hydroxylation is 1. The number of rotatable bonds is 8. The number of piperazine rings is 1. The van der Waals surface area contributed by atoms with Crippen LogP contribution in [-0.2, 0) is 4.79 Å². The molecule has 0 saturated carbocycles. The van der Waals surface area contributed by atoms with Crippen LogP contribution in [-0.4, -0.2) is 67.9 Å². The SMILES string of the molecule is COc1ccc(C)c2sc(N3CCN(CCNC(=O)CSc4ccccc4)CC3)nc12. The molecule has 8 heteroatoms. The lowest BCUT2D eigenvalue weighted by Crippen LogP contribution is -2.48. The van der Waals surface area contributed by atoms with Gasteiger partial charge < -0.3 is 15.0 Å². The van der Waals surface area contributed by atoms with Crippen LogP contribution in [0.15, 0.2) is 47.4 Å². The van der Waals surface area contributed by atoms with E-state index in [0.29, 0.717) is 12.3 Å². The number of ether oxygens (including phenoxy) is 1. The van der Waals surface area contributed by atoms with Crippen LogP contribution >= 0.6 is 23.1 Å². The average Bonchev–Trinajstić information content (AvgIpc) is 3.26. The lowest BCUT2D eigenvalue weighted by Gasteiger charge is -2.34. The van der Waals surface area contributed by atoms with Crippen LogP contribution in [0, 0.1) is 6.92 Å². The number of methoxy groups -OCH3 is 1. The standard InChI is InChI=1S/C23H28N4O2S2/c1-17-8-9-19(29-2)21-22(17)31-23(25-21)27-14-12-26(13-15-27)11-10-24-20(28)16-30-18-6-4-3-5-7-18/h3-9H,10-16H2,1-2H3,(H,24,28). The first-order valence-electron chi connectivity index (χ1n) is 10.5. The number of benzene rings is 2. The van der Waals surface area contributed by atoms with E-state index < -0.39 is 0 Å². The van der Waals surface area contributed by atoms with Gasteiger partial charge in [0.05, 0.1) is 17.6 Å². The molecule has 0 spiro atoms. The zero-order valence-corrected chi connectivity index (χ0v) is 19.6.